The van der Waals surface area contributed by atoms with E-state index in [4.69, 9.17) is 0 Å². The van der Waals surface area contributed by atoms with E-state index in [1.54, 1.807) is 0 Å². The normalized spacial score (nSPS) is 17.5. The lowest BCUT2D eigenvalue weighted by molar-refractivity contribution is 0.483. The first-order chi connectivity index (χ1) is 12.6. The molecule has 0 N–H and O–H groups in total. The van der Waals surface area contributed by atoms with Gasteiger partial charge >= 0.3 is 0 Å². The van der Waals surface area contributed by atoms with Crippen LogP contribution in [0.25, 0.3) is 5.65 Å². The Morgan fingerprint density at radius 2 is 1.85 bits per heavy atom. The van der Waals surface area contributed by atoms with Crippen LogP contribution in [-0.4, -0.2) is 64.6 Å². The van der Waals surface area contributed by atoms with Crippen LogP contribution >= 0.6 is 0 Å². The number of nitrogens with zero attached hydrogens (tertiary/aromatic N) is 8. The van der Waals surface area contributed by atoms with Crippen molar-refractivity contribution in [1.82, 2.24) is 24.3 Å². The van der Waals surface area contributed by atoms with Crippen LogP contribution in [-0.2, 0) is 0 Å². The van der Waals surface area contributed by atoms with Gasteiger partial charge in [-0.25, -0.2) is 15.0 Å². The molecule has 1 unspecified atom stereocenters. The predicted molar refractivity (Wildman–Crippen MR) is 103 cm³/mol. The Morgan fingerprint density at radius 3 is 2.65 bits per heavy atom. The third-order valence-corrected chi connectivity index (χ3v) is 4.93. The number of aromatic nitrogens is 5. The minimum atomic E-state index is 0.366. The summed E-state index contributed by atoms with van der Waals surface area (Å²) in [5.41, 5.74) is 0.910. The fraction of sp³-hybridized carbons (Fsp3) is 0.444. The van der Waals surface area contributed by atoms with E-state index in [1.807, 2.05) is 60.4 Å². The summed E-state index contributed by atoms with van der Waals surface area (Å²) in [4.78, 5) is 24.6. The Morgan fingerprint density at radius 1 is 1.04 bits per heavy atom. The van der Waals surface area contributed by atoms with Gasteiger partial charge in [-0.05, 0) is 18.9 Å². The fourth-order valence-corrected chi connectivity index (χ4v) is 3.46. The number of likely N-dealkylation sites (N-methyl/N-ethyl adjacent to an activating group) is 1. The molecule has 1 fully saturated rings. The van der Waals surface area contributed by atoms with Gasteiger partial charge in [0.1, 0.15) is 5.82 Å². The van der Waals surface area contributed by atoms with E-state index in [1.165, 1.54) is 0 Å². The molecule has 0 radical (unpaired) electrons. The van der Waals surface area contributed by atoms with Crippen LogP contribution in [0.2, 0.25) is 0 Å². The maximum absolute atomic E-state index is 4.68. The molecule has 1 aliphatic heterocycles. The van der Waals surface area contributed by atoms with E-state index in [0.717, 1.165) is 49.2 Å². The molecular formula is C18H24N8. The zero-order chi connectivity index (χ0) is 18.1. The monoisotopic (exact) mass is 352 g/mol. The maximum Gasteiger partial charge on any atom is 0.226 e. The predicted octanol–water partition coefficient (Wildman–Crippen LogP) is 1.69. The highest BCUT2D eigenvalue weighted by Gasteiger charge is 2.26. The number of anilines is 3. The van der Waals surface area contributed by atoms with Crippen molar-refractivity contribution in [2.45, 2.75) is 18.9 Å². The topological polar surface area (TPSA) is 65.7 Å². The molecular weight excluding hydrogens is 328 g/mol. The molecule has 0 saturated carbocycles. The Kier molecular flexibility index (Phi) is 4.32. The summed E-state index contributed by atoms with van der Waals surface area (Å²) < 4.78 is 2.02. The first-order valence-corrected chi connectivity index (χ1v) is 8.89. The van der Waals surface area contributed by atoms with Crippen molar-refractivity contribution in [2.75, 3.05) is 48.9 Å². The molecule has 3 aromatic rings. The third-order valence-electron chi connectivity index (χ3n) is 4.93. The van der Waals surface area contributed by atoms with Gasteiger partial charge in [-0.15, -0.1) is 0 Å². The van der Waals surface area contributed by atoms with Gasteiger partial charge in [-0.3, -0.25) is 0 Å². The fourth-order valence-electron chi connectivity index (χ4n) is 3.46. The molecule has 8 nitrogen and oxygen atoms in total. The lowest BCUT2D eigenvalue weighted by atomic mass is 10.0. The van der Waals surface area contributed by atoms with Gasteiger partial charge in [0.05, 0.1) is 0 Å². The van der Waals surface area contributed by atoms with Crippen molar-refractivity contribution in [1.29, 1.82) is 0 Å². The van der Waals surface area contributed by atoms with Gasteiger partial charge in [-0.2, -0.15) is 4.98 Å². The summed E-state index contributed by atoms with van der Waals surface area (Å²) in [5.74, 6) is 2.63. The van der Waals surface area contributed by atoms with Crippen LogP contribution in [0.15, 0.2) is 37.1 Å². The summed E-state index contributed by atoms with van der Waals surface area (Å²) in [6, 6.07) is 2.34. The highest BCUT2D eigenvalue weighted by molar-refractivity contribution is 5.64. The third kappa shape index (κ3) is 3.02. The molecule has 0 aliphatic carbocycles. The van der Waals surface area contributed by atoms with Gasteiger partial charge in [0.25, 0.3) is 0 Å². The van der Waals surface area contributed by atoms with Crippen molar-refractivity contribution in [3.8, 4) is 0 Å². The van der Waals surface area contributed by atoms with Gasteiger partial charge in [0.15, 0.2) is 11.5 Å². The number of hydrogen-bond donors (Lipinski definition) is 0. The van der Waals surface area contributed by atoms with Crippen LogP contribution in [0.3, 0.4) is 0 Å². The first kappa shape index (κ1) is 16.6. The molecule has 1 saturated heterocycles. The molecule has 1 atom stereocenters. The summed E-state index contributed by atoms with van der Waals surface area (Å²) in [6.45, 7) is 1.90. The smallest absolute Gasteiger partial charge is 0.226 e. The highest BCUT2D eigenvalue weighted by Crippen LogP contribution is 2.25. The zero-order valence-corrected chi connectivity index (χ0v) is 15.4. The Bertz CT molecular complexity index is 890. The maximum atomic E-state index is 4.68. The standard InChI is InChI=1S/C18H24N8/c1-23(2)18-21-7-6-15(22-18)24(3)14-5-4-10-26(13-14)17-16-19-8-11-25(16)12-9-20-17/h6-9,11-12,14H,4-5,10,13H2,1-3H3. The Labute approximate surface area is 153 Å². The SMILES string of the molecule is CN(C)c1nccc(N(C)C2CCCN(c3nccn4ccnc34)C2)n1. The Hall–Kier alpha value is -2.90. The van der Waals surface area contributed by atoms with Gasteiger partial charge in [-0.1, -0.05) is 0 Å². The van der Waals surface area contributed by atoms with Crippen LogP contribution in [0.4, 0.5) is 17.6 Å². The zero-order valence-electron chi connectivity index (χ0n) is 15.4. The largest absolute Gasteiger partial charge is 0.355 e. The van der Waals surface area contributed by atoms with E-state index >= 15 is 0 Å². The Balaban J connectivity index is 1.57. The number of fused-ring (bicyclic) bond motifs is 1. The molecule has 3 aromatic heterocycles. The second-order valence-corrected chi connectivity index (χ2v) is 6.87. The van der Waals surface area contributed by atoms with E-state index < -0.39 is 0 Å². The molecule has 26 heavy (non-hydrogen) atoms. The number of piperidine rings is 1. The van der Waals surface area contributed by atoms with Gasteiger partial charge in [0, 0.05) is 71.3 Å². The number of rotatable bonds is 4. The second kappa shape index (κ2) is 6.78. The van der Waals surface area contributed by atoms with E-state index in [9.17, 15) is 0 Å². The van der Waals surface area contributed by atoms with E-state index in [0.29, 0.717) is 6.04 Å². The molecule has 4 heterocycles. The van der Waals surface area contributed by atoms with Crippen molar-refractivity contribution >= 4 is 23.2 Å². The lowest BCUT2D eigenvalue weighted by Crippen LogP contribution is -2.47. The molecule has 0 aromatic carbocycles. The molecule has 0 amide bonds. The molecule has 8 heteroatoms. The molecule has 0 spiro atoms. The second-order valence-electron chi connectivity index (χ2n) is 6.87. The van der Waals surface area contributed by atoms with Crippen molar-refractivity contribution in [2.24, 2.45) is 0 Å². The van der Waals surface area contributed by atoms with Crippen molar-refractivity contribution in [3.63, 3.8) is 0 Å². The molecule has 0 bridgehead atoms. The highest BCUT2D eigenvalue weighted by atomic mass is 15.3. The molecule has 4 rings (SSSR count). The number of imidazole rings is 1. The van der Waals surface area contributed by atoms with E-state index in [2.05, 4.69) is 36.8 Å². The van der Waals surface area contributed by atoms with Gasteiger partial charge < -0.3 is 19.1 Å². The first-order valence-electron chi connectivity index (χ1n) is 8.89. The molecule has 136 valence electrons. The van der Waals surface area contributed by atoms with Gasteiger partial charge in [0.2, 0.25) is 5.95 Å². The van der Waals surface area contributed by atoms with E-state index in [-0.39, 0.29) is 0 Å². The summed E-state index contributed by atoms with van der Waals surface area (Å²) in [5, 5.41) is 0. The molecule has 1 aliphatic rings. The van der Waals surface area contributed by atoms with Crippen LogP contribution in [0.5, 0.6) is 0 Å². The van der Waals surface area contributed by atoms with Crippen molar-refractivity contribution < 1.29 is 0 Å². The average molecular weight is 352 g/mol. The van der Waals surface area contributed by atoms with Crippen LogP contribution in [0, 0.1) is 0 Å². The minimum Gasteiger partial charge on any atom is -0.355 e. The summed E-state index contributed by atoms with van der Waals surface area (Å²) >= 11 is 0. The quantitative estimate of drug-likeness (QED) is 0.708. The number of hydrogen-bond acceptors (Lipinski definition) is 7. The van der Waals surface area contributed by atoms with Crippen LogP contribution < -0.4 is 14.7 Å². The summed E-state index contributed by atoms with van der Waals surface area (Å²) in [6.07, 6.45) is 11.6. The summed E-state index contributed by atoms with van der Waals surface area (Å²) in [7, 11) is 6.02. The minimum absolute atomic E-state index is 0.366. The van der Waals surface area contributed by atoms with Crippen molar-refractivity contribution in [3.05, 3.63) is 37.1 Å². The average Bonchev–Trinajstić information content (AvgIpc) is 3.16. The lowest BCUT2D eigenvalue weighted by Gasteiger charge is -2.38. The van der Waals surface area contributed by atoms with Crippen LogP contribution in [0.1, 0.15) is 12.8 Å².